The molecule has 0 aromatic carbocycles. The molecule has 6 heteroatoms. The van der Waals surface area contributed by atoms with E-state index in [0.29, 0.717) is 21.4 Å². The zero-order valence-electron chi connectivity index (χ0n) is 9.01. The molecule has 0 radical (unpaired) electrons. The van der Waals surface area contributed by atoms with Crippen LogP contribution in [0.2, 0.25) is 5.15 Å². The highest BCUT2D eigenvalue weighted by Gasteiger charge is 2.13. The number of nitrogens with zero attached hydrogens (tertiary/aromatic N) is 2. The van der Waals surface area contributed by atoms with E-state index in [1.807, 2.05) is 0 Å². The fourth-order valence-corrected chi connectivity index (χ4v) is 2.28. The van der Waals surface area contributed by atoms with Crippen molar-refractivity contribution in [3.05, 3.63) is 32.1 Å². The van der Waals surface area contributed by atoms with Crippen LogP contribution < -0.4 is 0 Å². The Morgan fingerprint density at radius 1 is 1.29 bits per heavy atom. The average molecular weight is 380 g/mol. The zero-order chi connectivity index (χ0) is 12.4. The first-order valence-corrected chi connectivity index (χ1v) is 7.05. The maximum atomic E-state index is 6.06. The largest absolute Gasteiger partial charge is 0.446 e. The van der Waals surface area contributed by atoms with Crippen molar-refractivity contribution in [1.29, 1.82) is 0 Å². The van der Waals surface area contributed by atoms with Gasteiger partial charge in [0.05, 0.1) is 10.2 Å². The van der Waals surface area contributed by atoms with Crippen LogP contribution in [0.4, 0.5) is 0 Å². The van der Waals surface area contributed by atoms with Crippen LogP contribution >= 0.6 is 43.5 Å². The molecule has 0 bridgehead atoms. The molecular formula is C11H9Br2ClN2O. The third-order valence-corrected chi connectivity index (χ3v) is 3.92. The Morgan fingerprint density at radius 3 is 2.65 bits per heavy atom. The van der Waals surface area contributed by atoms with Gasteiger partial charge in [-0.05, 0) is 50.4 Å². The molecule has 0 aliphatic rings. The highest BCUT2D eigenvalue weighted by atomic mass is 79.9. The summed E-state index contributed by atoms with van der Waals surface area (Å²) in [6.07, 6.45) is 1.84. The lowest BCUT2D eigenvalue weighted by Crippen LogP contribution is -1.97. The summed E-state index contributed by atoms with van der Waals surface area (Å²) in [6.45, 7) is 2.09. The summed E-state index contributed by atoms with van der Waals surface area (Å²) >= 11 is 12.7. The van der Waals surface area contributed by atoms with Gasteiger partial charge in [-0.3, -0.25) is 0 Å². The summed E-state index contributed by atoms with van der Waals surface area (Å²) < 4.78 is 6.82. The van der Waals surface area contributed by atoms with Crippen molar-refractivity contribution in [3.63, 3.8) is 0 Å². The molecule has 2 heterocycles. The number of hydrogen-bond donors (Lipinski definition) is 0. The minimum atomic E-state index is 0.408. The van der Waals surface area contributed by atoms with E-state index >= 15 is 0 Å². The van der Waals surface area contributed by atoms with E-state index < -0.39 is 0 Å². The Balaban J connectivity index is 2.48. The molecule has 0 spiro atoms. The molecule has 90 valence electrons. The second-order valence-electron chi connectivity index (χ2n) is 3.45. The molecule has 0 saturated heterocycles. The van der Waals surface area contributed by atoms with Gasteiger partial charge in [-0.15, -0.1) is 0 Å². The lowest BCUT2D eigenvalue weighted by atomic mass is 10.2. The zero-order valence-corrected chi connectivity index (χ0v) is 12.9. The Bertz CT molecular complexity index is 542. The summed E-state index contributed by atoms with van der Waals surface area (Å²) in [4.78, 5) is 8.64. The molecule has 0 N–H and O–H groups in total. The molecule has 0 fully saturated rings. The highest BCUT2D eigenvalue weighted by molar-refractivity contribution is 9.10. The average Bonchev–Trinajstić information content (AvgIpc) is 2.71. The molecule has 0 amide bonds. The van der Waals surface area contributed by atoms with Gasteiger partial charge in [0.1, 0.15) is 5.15 Å². The first-order chi connectivity index (χ1) is 8.11. The van der Waals surface area contributed by atoms with Gasteiger partial charge in [0.25, 0.3) is 0 Å². The smallest absolute Gasteiger partial charge is 0.197 e. The van der Waals surface area contributed by atoms with E-state index in [9.17, 15) is 0 Å². The molecular weight excluding hydrogens is 371 g/mol. The third-order valence-electron chi connectivity index (χ3n) is 2.16. The van der Waals surface area contributed by atoms with Gasteiger partial charge in [0, 0.05) is 0 Å². The van der Waals surface area contributed by atoms with E-state index in [-0.39, 0.29) is 0 Å². The number of furan rings is 1. The monoisotopic (exact) mass is 378 g/mol. The third kappa shape index (κ3) is 2.89. The summed E-state index contributed by atoms with van der Waals surface area (Å²) in [5.74, 6) is 1.11. The van der Waals surface area contributed by atoms with Crippen molar-refractivity contribution in [3.8, 4) is 11.6 Å². The van der Waals surface area contributed by atoms with Gasteiger partial charge in [-0.2, -0.15) is 0 Å². The lowest BCUT2D eigenvalue weighted by Gasteiger charge is -2.05. The van der Waals surface area contributed by atoms with Crippen LogP contribution in [0, 0.1) is 0 Å². The summed E-state index contributed by atoms with van der Waals surface area (Å²) in [5, 5.41) is 0.408. The number of halogens is 3. The first kappa shape index (κ1) is 13.1. The second-order valence-corrected chi connectivity index (χ2v) is 5.39. The van der Waals surface area contributed by atoms with Crippen LogP contribution in [0.25, 0.3) is 11.6 Å². The summed E-state index contributed by atoms with van der Waals surface area (Å²) in [6, 6.07) is 3.60. The SMILES string of the molecule is CCCc1nc(-c2ccc(Br)o2)nc(Cl)c1Br. The molecule has 2 aromatic rings. The van der Waals surface area contributed by atoms with Crippen LogP contribution in [-0.2, 0) is 6.42 Å². The molecule has 17 heavy (non-hydrogen) atoms. The van der Waals surface area contributed by atoms with Crippen molar-refractivity contribution in [2.24, 2.45) is 0 Å². The number of hydrogen-bond acceptors (Lipinski definition) is 3. The fourth-order valence-electron chi connectivity index (χ4n) is 1.41. The van der Waals surface area contributed by atoms with Gasteiger partial charge >= 0.3 is 0 Å². The van der Waals surface area contributed by atoms with Crippen LogP contribution in [0.5, 0.6) is 0 Å². The Morgan fingerprint density at radius 2 is 2.06 bits per heavy atom. The Kier molecular flexibility index (Phi) is 4.22. The predicted molar refractivity (Wildman–Crippen MR) is 74.1 cm³/mol. The fraction of sp³-hybridized carbons (Fsp3) is 0.273. The van der Waals surface area contributed by atoms with E-state index in [0.717, 1.165) is 23.0 Å². The van der Waals surface area contributed by atoms with Crippen molar-refractivity contribution in [1.82, 2.24) is 9.97 Å². The molecule has 0 unspecified atom stereocenters. The summed E-state index contributed by atoms with van der Waals surface area (Å²) in [7, 11) is 0. The molecule has 0 saturated carbocycles. The Hall–Kier alpha value is -0.390. The van der Waals surface area contributed by atoms with E-state index in [2.05, 4.69) is 48.8 Å². The molecule has 0 aliphatic heterocycles. The van der Waals surface area contributed by atoms with E-state index in [1.165, 1.54) is 0 Å². The van der Waals surface area contributed by atoms with E-state index in [1.54, 1.807) is 12.1 Å². The lowest BCUT2D eigenvalue weighted by molar-refractivity contribution is 0.550. The first-order valence-electron chi connectivity index (χ1n) is 5.09. The topological polar surface area (TPSA) is 38.9 Å². The van der Waals surface area contributed by atoms with Crippen molar-refractivity contribution < 1.29 is 4.42 Å². The maximum Gasteiger partial charge on any atom is 0.197 e. The van der Waals surface area contributed by atoms with Crippen molar-refractivity contribution in [2.45, 2.75) is 19.8 Å². The second kappa shape index (κ2) is 5.50. The van der Waals surface area contributed by atoms with E-state index in [4.69, 9.17) is 16.0 Å². The van der Waals surface area contributed by atoms with Crippen LogP contribution in [0.1, 0.15) is 19.0 Å². The minimum Gasteiger partial charge on any atom is -0.446 e. The van der Waals surface area contributed by atoms with Gasteiger partial charge in [-0.25, -0.2) is 9.97 Å². The molecule has 0 aliphatic carbocycles. The molecule has 0 atom stereocenters. The number of aromatic nitrogens is 2. The predicted octanol–water partition coefficient (Wildman–Crippen LogP) is 4.87. The van der Waals surface area contributed by atoms with Gasteiger partial charge < -0.3 is 4.42 Å². The van der Waals surface area contributed by atoms with Gasteiger partial charge in [0.2, 0.25) is 0 Å². The maximum absolute atomic E-state index is 6.06. The highest BCUT2D eigenvalue weighted by Crippen LogP contribution is 2.29. The van der Waals surface area contributed by atoms with Crippen molar-refractivity contribution in [2.75, 3.05) is 0 Å². The molecule has 2 rings (SSSR count). The number of rotatable bonds is 3. The molecule has 2 aromatic heterocycles. The van der Waals surface area contributed by atoms with Gasteiger partial charge in [0.15, 0.2) is 16.3 Å². The minimum absolute atomic E-state index is 0.408. The summed E-state index contributed by atoms with van der Waals surface area (Å²) in [5.41, 5.74) is 0.898. The van der Waals surface area contributed by atoms with Crippen LogP contribution in [0.15, 0.2) is 25.7 Å². The van der Waals surface area contributed by atoms with Gasteiger partial charge in [-0.1, -0.05) is 24.9 Å². The van der Waals surface area contributed by atoms with Crippen molar-refractivity contribution >= 4 is 43.5 Å². The normalized spacial score (nSPS) is 10.8. The Labute approximate surface area is 121 Å². The van der Waals surface area contributed by atoms with Crippen LogP contribution in [-0.4, -0.2) is 9.97 Å². The molecule has 3 nitrogen and oxygen atoms in total. The standard InChI is InChI=1S/C11H9Br2ClN2O/c1-2-3-6-9(13)10(14)16-11(15-6)7-4-5-8(12)17-7/h4-5H,2-3H2,1H3. The quantitative estimate of drug-likeness (QED) is 0.713. The van der Waals surface area contributed by atoms with Crippen LogP contribution in [0.3, 0.4) is 0 Å². The number of aryl methyl sites for hydroxylation is 1.